The highest BCUT2D eigenvalue weighted by atomic mass is 16.5. The molecule has 2 aliphatic rings. The molecule has 7 heteroatoms. The predicted octanol–water partition coefficient (Wildman–Crippen LogP) is 2.15. The van der Waals surface area contributed by atoms with Crippen LogP contribution in [0.1, 0.15) is 39.5 Å². The van der Waals surface area contributed by atoms with Gasteiger partial charge in [0.1, 0.15) is 11.9 Å². The maximum Gasteiger partial charge on any atom is 0.326 e. The van der Waals surface area contributed by atoms with Gasteiger partial charge in [-0.05, 0) is 37.7 Å². The van der Waals surface area contributed by atoms with Crippen LogP contribution in [0, 0.1) is 5.92 Å². The first-order valence-electron chi connectivity index (χ1n) is 8.77. The lowest BCUT2D eigenvalue weighted by atomic mass is 9.94. The van der Waals surface area contributed by atoms with Crippen LogP contribution in [0.4, 0.5) is 11.8 Å². The SMILES string of the molecule is CC(C)C1OCCCC1Nc1ccnc(N2CCC[C@@H]2C(=O)O)n1. The van der Waals surface area contributed by atoms with Crippen LogP contribution in [0.3, 0.4) is 0 Å². The van der Waals surface area contributed by atoms with Crippen molar-refractivity contribution in [2.24, 2.45) is 5.92 Å². The first-order chi connectivity index (χ1) is 11.6. The average molecular weight is 334 g/mol. The Bertz CT molecular complexity index is 581. The molecule has 1 aromatic rings. The van der Waals surface area contributed by atoms with E-state index >= 15 is 0 Å². The van der Waals surface area contributed by atoms with Crippen LogP contribution in [0.25, 0.3) is 0 Å². The molecule has 0 radical (unpaired) electrons. The van der Waals surface area contributed by atoms with E-state index in [-0.39, 0.29) is 12.1 Å². The highest BCUT2D eigenvalue weighted by Crippen LogP contribution is 2.26. The van der Waals surface area contributed by atoms with Gasteiger partial charge in [0, 0.05) is 19.3 Å². The predicted molar refractivity (Wildman–Crippen MR) is 91.3 cm³/mol. The molecule has 2 N–H and O–H groups in total. The number of anilines is 2. The summed E-state index contributed by atoms with van der Waals surface area (Å²) in [6, 6.07) is 1.53. The van der Waals surface area contributed by atoms with E-state index in [2.05, 4.69) is 29.1 Å². The van der Waals surface area contributed by atoms with Crippen molar-refractivity contribution in [1.29, 1.82) is 0 Å². The third-order valence-electron chi connectivity index (χ3n) is 4.79. The Morgan fingerprint density at radius 3 is 3.00 bits per heavy atom. The molecule has 2 saturated heterocycles. The third kappa shape index (κ3) is 3.61. The van der Waals surface area contributed by atoms with E-state index in [4.69, 9.17) is 4.74 Å². The molecular weight excluding hydrogens is 308 g/mol. The Kier molecular flexibility index (Phi) is 5.18. The zero-order valence-electron chi connectivity index (χ0n) is 14.3. The number of nitrogens with one attached hydrogen (secondary N) is 1. The maximum atomic E-state index is 11.4. The number of ether oxygens (including phenoxy) is 1. The van der Waals surface area contributed by atoms with Gasteiger partial charge in [-0.3, -0.25) is 0 Å². The Labute approximate surface area is 142 Å². The topological polar surface area (TPSA) is 87.6 Å². The molecule has 1 aromatic heterocycles. The molecule has 0 spiro atoms. The summed E-state index contributed by atoms with van der Waals surface area (Å²) in [7, 11) is 0. The van der Waals surface area contributed by atoms with Crippen molar-refractivity contribution >= 4 is 17.7 Å². The molecule has 0 bridgehead atoms. The molecule has 2 unspecified atom stereocenters. The lowest BCUT2D eigenvalue weighted by Gasteiger charge is -2.35. The first kappa shape index (κ1) is 17.0. The zero-order chi connectivity index (χ0) is 17.1. The van der Waals surface area contributed by atoms with Crippen LogP contribution in [-0.4, -0.2) is 52.4 Å². The summed E-state index contributed by atoms with van der Waals surface area (Å²) in [5.74, 6) is 0.842. The minimum absolute atomic E-state index is 0.163. The molecule has 24 heavy (non-hydrogen) atoms. The van der Waals surface area contributed by atoms with Crippen molar-refractivity contribution in [3.63, 3.8) is 0 Å². The molecule has 0 amide bonds. The fraction of sp³-hybridized carbons (Fsp3) is 0.706. The number of hydrogen-bond acceptors (Lipinski definition) is 6. The van der Waals surface area contributed by atoms with Gasteiger partial charge >= 0.3 is 5.97 Å². The van der Waals surface area contributed by atoms with Gasteiger partial charge in [0.25, 0.3) is 0 Å². The van der Waals surface area contributed by atoms with Gasteiger partial charge in [0.2, 0.25) is 5.95 Å². The molecule has 7 nitrogen and oxygen atoms in total. The normalized spacial score (nSPS) is 27.5. The minimum atomic E-state index is -0.810. The van der Waals surface area contributed by atoms with Crippen LogP contribution >= 0.6 is 0 Å². The number of aliphatic carboxylic acids is 1. The molecular formula is C17H26N4O3. The van der Waals surface area contributed by atoms with Crippen LogP contribution in [-0.2, 0) is 9.53 Å². The number of aromatic nitrogens is 2. The maximum absolute atomic E-state index is 11.4. The third-order valence-corrected chi connectivity index (χ3v) is 4.79. The molecule has 132 valence electrons. The summed E-state index contributed by atoms with van der Waals surface area (Å²) >= 11 is 0. The van der Waals surface area contributed by atoms with Gasteiger partial charge in [0.05, 0.1) is 12.1 Å². The van der Waals surface area contributed by atoms with Crippen molar-refractivity contribution < 1.29 is 14.6 Å². The van der Waals surface area contributed by atoms with Gasteiger partial charge in [-0.2, -0.15) is 4.98 Å². The second kappa shape index (κ2) is 7.34. The van der Waals surface area contributed by atoms with E-state index in [1.165, 1.54) is 0 Å². The van der Waals surface area contributed by atoms with Crippen LogP contribution in [0.15, 0.2) is 12.3 Å². The van der Waals surface area contributed by atoms with Crippen LogP contribution in [0.2, 0.25) is 0 Å². The Balaban J connectivity index is 1.74. The number of carboxylic acid groups (broad SMARTS) is 1. The molecule has 2 fully saturated rings. The van der Waals surface area contributed by atoms with Gasteiger partial charge in [-0.1, -0.05) is 13.8 Å². The van der Waals surface area contributed by atoms with Gasteiger partial charge in [0.15, 0.2) is 0 Å². The second-order valence-corrected chi connectivity index (χ2v) is 6.90. The number of nitrogens with zero attached hydrogens (tertiary/aromatic N) is 3. The molecule has 3 atom stereocenters. The van der Waals surface area contributed by atoms with Crippen molar-refractivity contribution in [3.05, 3.63) is 12.3 Å². The number of rotatable bonds is 5. The average Bonchev–Trinajstić information content (AvgIpc) is 3.05. The molecule has 3 rings (SSSR count). The summed E-state index contributed by atoms with van der Waals surface area (Å²) in [5, 5.41) is 12.8. The zero-order valence-corrected chi connectivity index (χ0v) is 14.3. The summed E-state index contributed by atoms with van der Waals surface area (Å²) in [6.07, 6.45) is 5.42. The van der Waals surface area contributed by atoms with Gasteiger partial charge in [-0.15, -0.1) is 0 Å². The Morgan fingerprint density at radius 1 is 1.42 bits per heavy atom. The lowest BCUT2D eigenvalue weighted by molar-refractivity contribution is -0.138. The number of carboxylic acids is 1. The van der Waals surface area contributed by atoms with Crippen molar-refractivity contribution in [2.45, 2.75) is 57.7 Å². The highest BCUT2D eigenvalue weighted by molar-refractivity contribution is 5.78. The van der Waals surface area contributed by atoms with Gasteiger partial charge < -0.3 is 20.1 Å². The first-order valence-corrected chi connectivity index (χ1v) is 8.77. The lowest BCUT2D eigenvalue weighted by Crippen LogP contribution is -2.43. The minimum Gasteiger partial charge on any atom is -0.480 e. The standard InChI is InChI=1S/C17H26N4O3/c1-11(2)15-12(5-4-10-24-15)19-14-7-8-18-17(20-14)21-9-3-6-13(21)16(22)23/h7-8,11-13,15H,3-6,9-10H2,1-2H3,(H,22,23)(H,18,19,20)/t12?,13-,15?/m1/s1. The monoisotopic (exact) mass is 334 g/mol. The summed E-state index contributed by atoms with van der Waals surface area (Å²) in [5.41, 5.74) is 0. The Hall–Kier alpha value is -1.89. The molecule has 0 saturated carbocycles. The summed E-state index contributed by atoms with van der Waals surface area (Å²) in [4.78, 5) is 22.0. The largest absolute Gasteiger partial charge is 0.480 e. The molecule has 0 aliphatic carbocycles. The van der Waals surface area contributed by atoms with E-state index in [9.17, 15) is 9.90 Å². The fourth-order valence-corrected chi connectivity index (χ4v) is 3.63. The fourth-order valence-electron chi connectivity index (χ4n) is 3.63. The van der Waals surface area contributed by atoms with Gasteiger partial charge in [-0.25, -0.2) is 9.78 Å². The van der Waals surface area contributed by atoms with E-state index in [0.29, 0.717) is 24.8 Å². The second-order valence-electron chi connectivity index (χ2n) is 6.90. The number of hydrogen-bond donors (Lipinski definition) is 2. The molecule has 3 heterocycles. The van der Waals surface area contributed by atoms with E-state index < -0.39 is 12.0 Å². The van der Waals surface area contributed by atoms with Crippen molar-refractivity contribution in [1.82, 2.24) is 9.97 Å². The smallest absolute Gasteiger partial charge is 0.326 e. The summed E-state index contributed by atoms with van der Waals surface area (Å²) in [6.45, 7) is 5.82. The van der Waals surface area contributed by atoms with Crippen LogP contribution < -0.4 is 10.2 Å². The Morgan fingerprint density at radius 2 is 2.25 bits per heavy atom. The van der Waals surface area contributed by atoms with E-state index in [1.54, 1.807) is 11.1 Å². The molecule has 0 aromatic carbocycles. The summed E-state index contributed by atoms with van der Waals surface area (Å²) < 4.78 is 5.91. The quantitative estimate of drug-likeness (QED) is 0.853. The number of carbonyl (C=O) groups is 1. The van der Waals surface area contributed by atoms with E-state index in [0.717, 1.165) is 31.7 Å². The van der Waals surface area contributed by atoms with Crippen molar-refractivity contribution in [2.75, 3.05) is 23.4 Å². The highest BCUT2D eigenvalue weighted by Gasteiger charge is 2.33. The van der Waals surface area contributed by atoms with E-state index in [1.807, 2.05) is 6.07 Å². The van der Waals surface area contributed by atoms with Crippen LogP contribution in [0.5, 0.6) is 0 Å². The molecule has 2 aliphatic heterocycles. The van der Waals surface area contributed by atoms with Crippen molar-refractivity contribution in [3.8, 4) is 0 Å².